The van der Waals surface area contributed by atoms with Gasteiger partial charge in [-0.05, 0) is 64.7 Å². The molecule has 8 heteroatoms. The molecule has 2 aromatic carbocycles. The Bertz CT molecular complexity index is 1270. The van der Waals surface area contributed by atoms with Crippen molar-refractivity contribution < 1.29 is 9.53 Å². The number of thiocarbonyl (C=S) groups is 1. The number of methoxy groups -OCH3 is 1. The van der Waals surface area contributed by atoms with Gasteiger partial charge in [-0.2, -0.15) is 5.10 Å². The summed E-state index contributed by atoms with van der Waals surface area (Å²) < 4.78 is 8.71. The van der Waals surface area contributed by atoms with E-state index in [1.807, 2.05) is 65.5 Å². The van der Waals surface area contributed by atoms with Crippen LogP contribution in [0.15, 0.2) is 64.1 Å². The Kier molecular flexibility index (Phi) is 9.04. The summed E-state index contributed by atoms with van der Waals surface area (Å²) in [7, 11) is 1.64. The van der Waals surface area contributed by atoms with Crippen LogP contribution in [0, 0.1) is 5.92 Å². The second kappa shape index (κ2) is 12.2. The van der Waals surface area contributed by atoms with E-state index in [4.69, 9.17) is 22.1 Å². The minimum Gasteiger partial charge on any atom is -0.496 e. The van der Waals surface area contributed by atoms with Gasteiger partial charge >= 0.3 is 0 Å². The topological polar surface area (TPSA) is 47.4 Å². The van der Waals surface area contributed by atoms with Crippen LogP contribution >= 0.6 is 39.9 Å². The SMILES string of the molecule is CCCCC(CC)CN1C(=O)C(=Cc2cn(-c3ccccc3)nc2-c2ccc(OC)c(Br)c2)SC1=S. The molecule has 1 aromatic heterocycles. The van der Waals surface area contributed by atoms with Crippen molar-refractivity contribution in [2.24, 2.45) is 5.92 Å². The van der Waals surface area contributed by atoms with E-state index >= 15 is 0 Å². The molecule has 0 spiro atoms. The first-order chi connectivity index (χ1) is 17.4. The second-order valence-corrected chi connectivity index (χ2v) is 11.3. The van der Waals surface area contributed by atoms with E-state index in [0.717, 1.165) is 52.0 Å². The summed E-state index contributed by atoms with van der Waals surface area (Å²) in [5.41, 5.74) is 3.50. The van der Waals surface area contributed by atoms with Crippen molar-refractivity contribution >= 4 is 56.2 Å². The van der Waals surface area contributed by atoms with Crippen molar-refractivity contribution in [3.8, 4) is 22.7 Å². The number of amides is 1. The van der Waals surface area contributed by atoms with Gasteiger partial charge in [0.25, 0.3) is 5.91 Å². The number of halogens is 1. The van der Waals surface area contributed by atoms with E-state index in [0.29, 0.717) is 21.7 Å². The number of unbranched alkanes of at least 4 members (excludes halogenated alkanes) is 1. The predicted molar refractivity (Wildman–Crippen MR) is 156 cm³/mol. The highest BCUT2D eigenvalue weighted by atomic mass is 79.9. The molecule has 1 atom stereocenters. The van der Waals surface area contributed by atoms with E-state index in [-0.39, 0.29) is 5.91 Å². The molecule has 1 aliphatic rings. The standard InChI is InChI=1S/C28H30BrN3O2S2/c1-4-6-10-19(5-2)17-31-27(33)25(36-28(31)35)16-21-18-32(22-11-8-7-9-12-22)30-26(21)20-13-14-24(34-3)23(29)15-20/h7-9,11-16,18-19H,4-6,10,17H2,1-3H3. The molecule has 3 aromatic rings. The Hall–Kier alpha value is -2.42. The largest absolute Gasteiger partial charge is 0.496 e. The van der Waals surface area contributed by atoms with Gasteiger partial charge in [0.1, 0.15) is 15.8 Å². The summed E-state index contributed by atoms with van der Waals surface area (Å²) in [6, 6.07) is 15.8. The van der Waals surface area contributed by atoms with Crippen molar-refractivity contribution in [2.45, 2.75) is 39.5 Å². The highest BCUT2D eigenvalue weighted by Crippen LogP contribution is 2.37. The van der Waals surface area contributed by atoms with Gasteiger partial charge in [0, 0.05) is 23.9 Å². The summed E-state index contributed by atoms with van der Waals surface area (Å²) in [6.07, 6.45) is 8.37. The molecule has 1 amide bonds. The first-order valence-corrected chi connectivity index (χ1v) is 14.2. The zero-order chi connectivity index (χ0) is 25.7. The minimum absolute atomic E-state index is 0.0192. The third-order valence-corrected chi connectivity index (χ3v) is 8.33. The third kappa shape index (κ3) is 5.93. The van der Waals surface area contributed by atoms with Gasteiger partial charge in [0.2, 0.25) is 0 Å². The van der Waals surface area contributed by atoms with E-state index in [2.05, 4.69) is 29.8 Å². The third-order valence-electron chi connectivity index (χ3n) is 6.33. The van der Waals surface area contributed by atoms with Crippen LogP contribution in [0.1, 0.15) is 45.1 Å². The van der Waals surface area contributed by atoms with E-state index < -0.39 is 0 Å². The first-order valence-electron chi connectivity index (χ1n) is 12.2. The van der Waals surface area contributed by atoms with Gasteiger partial charge in [-0.3, -0.25) is 9.69 Å². The molecule has 0 N–H and O–H groups in total. The lowest BCUT2D eigenvalue weighted by Gasteiger charge is -2.21. The lowest BCUT2D eigenvalue weighted by atomic mass is 9.99. The number of thioether (sulfide) groups is 1. The molecular weight excluding hydrogens is 554 g/mol. The van der Waals surface area contributed by atoms with Crippen LogP contribution in [0.2, 0.25) is 0 Å². The number of carbonyl (C=O) groups excluding carboxylic acids is 1. The number of hydrogen-bond acceptors (Lipinski definition) is 5. The summed E-state index contributed by atoms with van der Waals surface area (Å²) >= 11 is 10.6. The quantitative estimate of drug-likeness (QED) is 0.180. The average Bonchev–Trinajstić information content (AvgIpc) is 3.43. The Labute approximate surface area is 231 Å². The molecule has 5 nitrogen and oxygen atoms in total. The Morgan fingerprint density at radius 1 is 1.19 bits per heavy atom. The molecule has 0 radical (unpaired) electrons. The van der Waals surface area contributed by atoms with Gasteiger partial charge in [0.05, 0.1) is 22.2 Å². The maximum atomic E-state index is 13.4. The number of hydrogen-bond donors (Lipinski definition) is 0. The van der Waals surface area contributed by atoms with E-state index in [9.17, 15) is 4.79 Å². The number of ether oxygens (including phenoxy) is 1. The number of para-hydroxylation sites is 1. The molecule has 0 bridgehead atoms. The van der Waals surface area contributed by atoms with Crippen molar-refractivity contribution in [3.05, 3.63) is 69.7 Å². The van der Waals surface area contributed by atoms with Crippen LogP contribution < -0.4 is 4.74 Å². The molecular formula is C28H30BrN3O2S2. The molecule has 4 rings (SSSR count). The normalized spacial score (nSPS) is 15.7. The fraction of sp³-hybridized carbons (Fsp3) is 0.321. The van der Waals surface area contributed by atoms with E-state index in [1.165, 1.54) is 18.2 Å². The zero-order valence-electron chi connectivity index (χ0n) is 20.7. The van der Waals surface area contributed by atoms with Crippen LogP contribution in [-0.4, -0.2) is 38.6 Å². The maximum Gasteiger partial charge on any atom is 0.266 e. The van der Waals surface area contributed by atoms with E-state index in [1.54, 1.807) is 12.0 Å². The number of nitrogens with zero attached hydrogens (tertiary/aromatic N) is 3. The fourth-order valence-electron chi connectivity index (χ4n) is 4.22. The molecule has 2 heterocycles. The van der Waals surface area contributed by atoms with Crippen molar-refractivity contribution in [2.75, 3.05) is 13.7 Å². The van der Waals surface area contributed by atoms with Crippen LogP contribution in [0.4, 0.5) is 0 Å². The number of aromatic nitrogens is 2. The summed E-state index contributed by atoms with van der Waals surface area (Å²) in [4.78, 5) is 15.8. The Morgan fingerprint density at radius 3 is 2.64 bits per heavy atom. The van der Waals surface area contributed by atoms with Gasteiger partial charge in [0.15, 0.2) is 0 Å². The molecule has 1 saturated heterocycles. The maximum absolute atomic E-state index is 13.4. The lowest BCUT2D eigenvalue weighted by Crippen LogP contribution is -2.33. The Morgan fingerprint density at radius 2 is 1.97 bits per heavy atom. The van der Waals surface area contributed by atoms with Crippen LogP contribution in [0.5, 0.6) is 5.75 Å². The number of carbonyl (C=O) groups is 1. The van der Waals surface area contributed by atoms with Crippen LogP contribution in [0.3, 0.4) is 0 Å². The van der Waals surface area contributed by atoms with Gasteiger partial charge in [-0.15, -0.1) is 0 Å². The average molecular weight is 585 g/mol. The molecule has 1 unspecified atom stereocenters. The minimum atomic E-state index is -0.0192. The molecule has 1 aliphatic heterocycles. The second-order valence-electron chi connectivity index (χ2n) is 8.77. The molecule has 36 heavy (non-hydrogen) atoms. The van der Waals surface area contributed by atoms with Crippen molar-refractivity contribution in [1.29, 1.82) is 0 Å². The molecule has 0 aliphatic carbocycles. The zero-order valence-corrected chi connectivity index (χ0v) is 24.0. The van der Waals surface area contributed by atoms with Crippen LogP contribution in [0.25, 0.3) is 23.0 Å². The highest BCUT2D eigenvalue weighted by molar-refractivity contribution is 9.10. The monoisotopic (exact) mass is 583 g/mol. The Balaban J connectivity index is 1.70. The molecule has 0 saturated carbocycles. The van der Waals surface area contributed by atoms with Gasteiger partial charge in [-0.25, -0.2) is 4.68 Å². The lowest BCUT2D eigenvalue weighted by molar-refractivity contribution is -0.122. The van der Waals surface area contributed by atoms with Gasteiger partial charge < -0.3 is 4.74 Å². The molecule has 188 valence electrons. The first kappa shape index (κ1) is 26.6. The molecule has 1 fully saturated rings. The fourth-order valence-corrected chi connectivity index (χ4v) is 6.02. The predicted octanol–water partition coefficient (Wildman–Crippen LogP) is 7.73. The van der Waals surface area contributed by atoms with Crippen molar-refractivity contribution in [3.63, 3.8) is 0 Å². The van der Waals surface area contributed by atoms with Gasteiger partial charge in [-0.1, -0.05) is 75.3 Å². The number of rotatable bonds is 10. The smallest absolute Gasteiger partial charge is 0.266 e. The summed E-state index contributed by atoms with van der Waals surface area (Å²) in [5.74, 6) is 1.19. The summed E-state index contributed by atoms with van der Waals surface area (Å²) in [5, 5.41) is 4.89. The van der Waals surface area contributed by atoms with Crippen LogP contribution in [-0.2, 0) is 4.79 Å². The highest BCUT2D eigenvalue weighted by Gasteiger charge is 2.33. The summed E-state index contributed by atoms with van der Waals surface area (Å²) in [6.45, 7) is 5.06. The van der Waals surface area contributed by atoms with Crippen molar-refractivity contribution in [1.82, 2.24) is 14.7 Å². The number of benzene rings is 2.